The average molecular weight is 222 g/mol. The summed E-state index contributed by atoms with van der Waals surface area (Å²) in [4.78, 5) is 16.6. The summed E-state index contributed by atoms with van der Waals surface area (Å²) in [5, 5.41) is 8.72. The molecule has 0 aromatic carbocycles. The number of rotatable bonds is 3. The lowest BCUT2D eigenvalue weighted by molar-refractivity contribution is 0.0690. The van der Waals surface area contributed by atoms with Gasteiger partial charge in [-0.3, -0.25) is 0 Å². The molecule has 88 valence electrons. The molecule has 16 heavy (non-hydrogen) atoms. The Morgan fingerprint density at radius 3 is 2.44 bits per heavy atom. The summed E-state index contributed by atoms with van der Waals surface area (Å²) in [5.41, 5.74) is 1.20. The lowest BCUT2D eigenvalue weighted by atomic mass is 9.96. The molecule has 0 amide bonds. The second kappa shape index (κ2) is 4.51. The number of nitrogens with zero attached hydrogens (tertiary/aromatic N) is 2. The molecular weight excluding hydrogens is 204 g/mol. The van der Waals surface area contributed by atoms with Crippen molar-refractivity contribution >= 4 is 11.7 Å². The van der Waals surface area contributed by atoms with Gasteiger partial charge in [0, 0.05) is 13.6 Å². The van der Waals surface area contributed by atoms with Crippen LogP contribution in [0.5, 0.6) is 0 Å². The third-order valence-electron chi connectivity index (χ3n) is 2.12. The minimum atomic E-state index is -0.995. The molecule has 0 saturated carbocycles. The van der Waals surface area contributed by atoms with Crippen LogP contribution in [0.4, 0.5) is 5.69 Å². The molecule has 1 rings (SSSR count). The number of pyridine rings is 1. The van der Waals surface area contributed by atoms with Crippen LogP contribution >= 0.6 is 0 Å². The Hall–Kier alpha value is -1.58. The van der Waals surface area contributed by atoms with Gasteiger partial charge in [-0.1, -0.05) is 20.8 Å². The average Bonchev–Trinajstić information content (AvgIpc) is 2.15. The van der Waals surface area contributed by atoms with Gasteiger partial charge in [0.05, 0.1) is 11.9 Å². The number of aromatic carboxylic acids is 1. The van der Waals surface area contributed by atoms with Gasteiger partial charge in [-0.05, 0) is 17.5 Å². The van der Waals surface area contributed by atoms with Gasteiger partial charge in [0.1, 0.15) is 5.69 Å². The summed E-state index contributed by atoms with van der Waals surface area (Å²) >= 11 is 0. The zero-order valence-corrected chi connectivity index (χ0v) is 10.2. The highest BCUT2D eigenvalue weighted by atomic mass is 16.4. The SMILES string of the molecule is CN(CC(C)(C)C)c1ccc(C(=O)O)nc1. The summed E-state index contributed by atoms with van der Waals surface area (Å²) in [6, 6.07) is 3.30. The minimum absolute atomic E-state index is 0.0768. The van der Waals surface area contributed by atoms with Crippen LogP contribution in [-0.4, -0.2) is 29.7 Å². The third-order valence-corrected chi connectivity index (χ3v) is 2.12. The Bertz CT molecular complexity index is 366. The van der Waals surface area contributed by atoms with Gasteiger partial charge in [0.2, 0.25) is 0 Å². The van der Waals surface area contributed by atoms with Crippen molar-refractivity contribution in [3.8, 4) is 0 Å². The van der Waals surface area contributed by atoms with Gasteiger partial charge in [0.25, 0.3) is 0 Å². The van der Waals surface area contributed by atoms with E-state index in [1.54, 1.807) is 12.3 Å². The second-order valence-electron chi connectivity index (χ2n) is 5.12. The maximum absolute atomic E-state index is 10.6. The largest absolute Gasteiger partial charge is 0.477 e. The van der Waals surface area contributed by atoms with Gasteiger partial charge in [0.15, 0.2) is 0 Å². The predicted molar refractivity (Wildman–Crippen MR) is 63.9 cm³/mol. The zero-order valence-electron chi connectivity index (χ0n) is 10.2. The fourth-order valence-electron chi connectivity index (χ4n) is 1.54. The molecule has 0 unspecified atom stereocenters. The van der Waals surface area contributed by atoms with Crippen LogP contribution in [-0.2, 0) is 0 Å². The van der Waals surface area contributed by atoms with E-state index in [0.717, 1.165) is 12.2 Å². The molecule has 0 bridgehead atoms. The van der Waals surface area contributed by atoms with Crippen LogP contribution in [0.1, 0.15) is 31.3 Å². The van der Waals surface area contributed by atoms with Crippen molar-refractivity contribution in [2.24, 2.45) is 5.41 Å². The van der Waals surface area contributed by atoms with Gasteiger partial charge < -0.3 is 10.0 Å². The number of aromatic nitrogens is 1. The fraction of sp³-hybridized carbons (Fsp3) is 0.500. The number of carboxylic acids is 1. The molecular formula is C12H18N2O2. The monoisotopic (exact) mass is 222 g/mol. The highest BCUT2D eigenvalue weighted by Gasteiger charge is 2.14. The van der Waals surface area contributed by atoms with Crippen molar-refractivity contribution in [1.29, 1.82) is 0 Å². The molecule has 0 aliphatic rings. The Morgan fingerprint density at radius 1 is 1.44 bits per heavy atom. The van der Waals surface area contributed by atoms with Crippen LogP contribution in [0.2, 0.25) is 0 Å². The summed E-state index contributed by atoms with van der Waals surface area (Å²) < 4.78 is 0. The molecule has 0 aliphatic heterocycles. The molecule has 0 fully saturated rings. The first-order valence-electron chi connectivity index (χ1n) is 5.20. The van der Waals surface area contributed by atoms with E-state index >= 15 is 0 Å². The zero-order chi connectivity index (χ0) is 12.3. The lowest BCUT2D eigenvalue weighted by Gasteiger charge is -2.27. The summed E-state index contributed by atoms with van der Waals surface area (Å²) in [6.45, 7) is 7.36. The van der Waals surface area contributed by atoms with E-state index in [1.165, 1.54) is 6.07 Å². The highest BCUT2D eigenvalue weighted by Crippen LogP contribution is 2.19. The van der Waals surface area contributed by atoms with Crippen molar-refractivity contribution < 1.29 is 9.90 Å². The normalized spacial score (nSPS) is 11.2. The van der Waals surface area contributed by atoms with E-state index in [4.69, 9.17) is 5.11 Å². The third kappa shape index (κ3) is 3.53. The van der Waals surface area contributed by atoms with Crippen molar-refractivity contribution in [2.75, 3.05) is 18.5 Å². The molecule has 1 heterocycles. The molecule has 0 atom stereocenters. The molecule has 4 nitrogen and oxygen atoms in total. The topological polar surface area (TPSA) is 53.4 Å². The number of hydrogen-bond donors (Lipinski definition) is 1. The number of carbonyl (C=O) groups is 1. The Labute approximate surface area is 95.9 Å². The Morgan fingerprint density at radius 2 is 2.06 bits per heavy atom. The van der Waals surface area contributed by atoms with Gasteiger partial charge in [-0.15, -0.1) is 0 Å². The van der Waals surface area contributed by atoms with Crippen molar-refractivity contribution in [3.63, 3.8) is 0 Å². The van der Waals surface area contributed by atoms with Crippen molar-refractivity contribution in [2.45, 2.75) is 20.8 Å². The van der Waals surface area contributed by atoms with E-state index in [0.29, 0.717) is 0 Å². The number of carboxylic acid groups (broad SMARTS) is 1. The van der Waals surface area contributed by atoms with E-state index in [9.17, 15) is 4.79 Å². The maximum atomic E-state index is 10.6. The van der Waals surface area contributed by atoms with Gasteiger partial charge >= 0.3 is 5.97 Å². The van der Waals surface area contributed by atoms with Gasteiger partial charge in [-0.2, -0.15) is 0 Å². The Kier molecular flexibility index (Phi) is 3.52. The van der Waals surface area contributed by atoms with Crippen LogP contribution in [0.15, 0.2) is 18.3 Å². The molecule has 0 radical (unpaired) electrons. The number of anilines is 1. The second-order valence-corrected chi connectivity index (χ2v) is 5.12. The minimum Gasteiger partial charge on any atom is -0.477 e. The molecule has 0 saturated heterocycles. The molecule has 1 aromatic heterocycles. The van der Waals surface area contributed by atoms with Crippen LogP contribution in [0.3, 0.4) is 0 Å². The Balaban J connectivity index is 2.78. The standard InChI is InChI=1S/C12H18N2O2/c1-12(2,3)8-14(4)9-5-6-10(11(15)16)13-7-9/h5-7H,8H2,1-4H3,(H,15,16). The summed E-state index contributed by atoms with van der Waals surface area (Å²) in [7, 11) is 1.97. The smallest absolute Gasteiger partial charge is 0.354 e. The van der Waals surface area contributed by atoms with Crippen molar-refractivity contribution in [1.82, 2.24) is 4.98 Å². The summed E-state index contributed by atoms with van der Waals surface area (Å²) in [6.07, 6.45) is 1.59. The first kappa shape index (κ1) is 12.5. The summed E-state index contributed by atoms with van der Waals surface area (Å²) in [5.74, 6) is -0.995. The number of hydrogen-bond acceptors (Lipinski definition) is 3. The predicted octanol–water partition coefficient (Wildman–Crippen LogP) is 2.26. The fourth-order valence-corrected chi connectivity index (χ4v) is 1.54. The van der Waals surface area contributed by atoms with Crippen molar-refractivity contribution in [3.05, 3.63) is 24.0 Å². The van der Waals surface area contributed by atoms with E-state index in [1.807, 2.05) is 7.05 Å². The van der Waals surface area contributed by atoms with Crippen LogP contribution in [0.25, 0.3) is 0 Å². The van der Waals surface area contributed by atoms with E-state index in [2.05, 4.69) is 30.7 Å². The molecule has 0 spiro atoms. The maximum Gasteiger partial charge on any atom is 0.354 e. The lowest BCUT2D eigenvalue weighted by Crippen LogP contribution is -2.29. The van der Waals surface area contributed by atoms with Crippen LogP contribution < -0.4 is 4.90 Å². The molecule has 0 aliphatic carbocycles. The first-order valence-corrected chi connectivity index (χ1v) is 5.20. The molecule has 4 heteroatoms. The highest BCUT2D eigenvalue weighted by molar-refractivity contribution is 5.85. The first-order chi connectivity index (χ1) is 7.29. The quantitative estimate of drug-likeness (QED) is 0.852. The van der Waals surface area contributed by atoms with Gasteiger partial charge in [-0.25, -0.2) is 9.78 Å². The van der Waals surface area contributed by atoms with E-state index < -0.39 is 5.97 Å². The van der Waals surface area contributed by atoms with Crippen LogP contribution in [0, 0.1) is 5.41 Å². The molecule has 1 N–H and O–H groups in total. The van der Waals surface area contributed by atoms with E-state index in [-0.39, 0.29) is 11.1 Å². The molecule has 1 aromatic rings.